The molecule has 0 saturated heterocycles. The summed E-state index contributed by atoms with van der Waals surface area (Å²) in [5.41, 5.74) is 1.75. The molecule has 4 rings (SSSR count). The Balaban J connectivity index is 2.05. The van der Waals surface area contributed by atoms with Crippen LogP contribution in [0.3, 0.4) is 0 Å². The van der Waals surface area contributed by atoms with Gasteiger partial charge in [0.25, 0.3) is 5.56 Å². The number of rotatable bonds is 6. The topological polar surface area (TPSA) is 70.3 Å². The van der Waals surface area contributed by atoms with Crippen LogP contribution >= 0.6 is 0 Å². The molecule has 0 saturated carbocycles. The smallest absolute Gasteiger partial charge is 0.264 e. The molecule has 0 fully saturated rings. The number of pyridine rings is 1. The van der Waals surface area contributed by atoms with Gasteiger partial charge >= 0.3 is 0 Å². The summed E-state index contributed by atoms with van der Waals surface area (Å²) in [6.07, 6.45) is 0.693. The Morgan fingerprint density at radius 1 is 1.07 bits per heavy atom. The number of aryl methyl sites for hydroxylation is 1. The van der Waals surface area contributed by atoms with E-state index in [4.69, 9.17) is 4.74 Å². The molecule has 6 nitrogen and oxygen atoms in total. The predicted octanol–water partition coefficient (Wildman–Crippen LogP) is 3.59. The summed E-state index contributed by atoms with van der Waals surface area (Å²) in [6, 6.07) is 16.3. The molecule has 0 aliphatic heterocycles. The minimum Gasteiger partial charge on any atom is -0.491 e. The summed E-state index contributed by atoms with van der Waals surface area (Å²) >= 11 is 0. The number of nitrogens with zero attached hydrogens (tertiary/aromatic N) is 2. The Kier molecular flexibility index (Phi) is 4.76. The van der Waals surface area contributed by atoms with Crippen LogP contribution in [-0.2, 0) is 13.6 Å². The van der Waals surface area contributed by atoms with Crippen LogP contribution in [0.25, 0.3) is 21.8 Å². The summed E-state index contributed by atoms with van der Waals surface area (Å²) in [6.45, 7) is 2.01. The van der Waals surface area contributed by atoms with Crippen molar-refractivity contribution in [3.63, 3.8) is 0 Å². The first-order valence-corrected chi connectivity index (χ1v) is 9.38. The molecule has 0 radical (unpaired) electrons. The first-order chi connectivity index (χ1) is 14.1. The molecule has 29 heavy (non-hydrogen) atoms. The van der Waals surface area contributed by atoms with E-state index in [9.17, 15) is 14.4 Å². The molecule has 0 spiro atoms. The van der Waals surface area contributed by atoms with Gasteiger partial charge in [-0.15, -0.1) is 0 Å². The van der Waals surface area contributed by atoms with Gasteiger partial charge in [-0.25, -0.2) is 0 Å². The van der Waals surface area contributed by atoms with Crippen molar-refractivity contribution < 1.29 is 14.3 Å². The summed E-state index contributed by atoms with van der Waals surface area (Å²) < 4.78 is 8.83. The van der Waals surface area contributed by atoms with Crippen LogP contribution in [0.5, 0.6) is 5.75 Å². The van der Waals surface area contributed by atoms with Crippen molar-refractivity contribution in [1.82, 2.24) is 9.13 Å². The van der Waals surface area contributed by atoms with Crippen molar-refractivity contribution in [2.24, 2.45) is 7.05 Å². The van der Waals surface area contributed by atoms with Crippen molar-refractivity contribution in [1.29, 1.82) is 0 Å². The van der Waals surface area contributed by atoms with E-state index in [-0.39, 0.29) is 23.6 Å². The molecule has 0 atom stereocenters. The number of aromatic nitrogens is 2. The summed E-state index contributed by atoms with van der Waals surface area (Å²) in [4.78, 5) is 38.0. The zero-order chi connectivity index (χ0) is 20.5. The second kappa shape index (κ2) is 7.39. The number of para-hydroxylation sites is 1. The standard InChI is InChI=1S/C23H20N2O4/c1-3-29-22-18(14-26)24(2)21-16-11-7-8-12-17(16)25(23(28)20(21)22)13-19(27)15-9-5-4-6-10-15/h4-12,14H,3,13H2,1-2H3. The number of carbonyl (C=O) groups is 2. The molecule has 0 amide bonds. The number of hydrogen-bond donors (Lipinski definition) is 0. The molecule has 0 bridgehead atoms. The van der Waals surface area contributed by atoms with E-state index in [2.05, 4.69) is 0 Å². The summed E-state index contributed by atoms with van der Waals surface area (Å²) in [7, 11) is 1.74. The van der Waals surface area contributed by atoms with Gasteiger partial charge in [0.2, 0.25) is 0 Å². The normalized spacial score (nSPS) is 11.1. The molecular formula is C23H20N2O4. The minimum atomic E-state index is -0.352. The van der Waals surface area contributed by atoms with Gasteiger partial charge in [0, 0.05) is 18.0 Å². The van der Waals surface area contributed by atoms with Gasteiger partial charge < -0.3 is 9.30 Å². The Bertz CT molecular complexity index is 1300. The quantitative estimate of drug-likeness (QED) is 0.374. The number of fused-ring (bicyclic) bond motifs is 3. The molecule has 4 aromatic rings. The second-order valence-corrected chi connectivity index (χ2v) is 6.75. The molecule has 0 unspecified atom stereocenters. The maximum atomic E-state index is 13.5. The number of ketones is 1. The van der Waals surface area contributed by atoms with Gasteiger partial charge in [-0.2, -0.15) is 0 Å². The third-order valence-electron chi connectivity index (χ3n) is 5.10. The number of ether oxygens (including phenoxy) is 1. The molecule has 146 valence electrons. The Morgan fingerprint density at radius 2 is 1.76 bits per heavy atom. The second-order valence-electron chi connectivity index (χ2n) is 6.75. The van der Waals surface area contributed by atoms with Crippen LogP contribution in [0.15, 0.2) is 59.4 Å². The third kappa shape index (κ3) is 2.93. The molecule has 0 N–H and O–H groups in total. The minimum absolute atomic E-state index is 0.101. The maximum Gasteiger partial charge on any atom is 0.264 e. The van der Waals surface area contributed by atoms with Gasteiger partial charge in [0.1, 0.15) is 11.1 Å². The van der Waals surface area contributed by atoms with E-state index in [0.29, 0.717) is 40.6 Å². The van der Waals surface area contributed by atoms with Crippen LogP contribution in [-0.4, -0.2) is 27.8 Å². The van der Waals surface area contributed by atoms with E-state index in [1.54, 1.807) is 42.8 Å². The Hall–Kier alpha value is -3.67. The number of Topliss-reactive ketones (excluding diaryl/α,β-unsaturated/α-hetero) is 1. The van der Waals surface area contributed by atoms with Crippen LogP contribution in [0.2, 0.25) is 0 Å². The van der Waals surface area contributed by atoms with Gasteiger partial charge in [0.15, 0.2) is 17.8 Å². The largest absolute Gasteiger partial charge is 0.491 e. The van der Waals surface area contributed by atoms with Crippen LogP contribution in [0.4, 0.5) is 0 Å². The van der Waals surface area contributed by atoms with Crippen molar-refractivity contribution in [2.45, 2.75) is 13.5 Å². The van der Waals surface area contributed by atoms with E-state index < -0.39 is 0 Å². The number of hydrogen-bond acceptors (Lipinski definition) is 4. The first kappa shape index (κ1) is 18.7. The molecule has 2 aromatic carbocycles. The first-order valence-electron chi connectivity index (χ1n) is 9.38. The number of benzene rings is 2. The van der Waals surface area contributed by atoms with Crippen LogP contribution < -0.4 is 10.3 Å². The number of carbonyl (C=O) groups excluding carboxylic acids is 2. The molecule has 0 aliphatic carbocycles. The fourth-order valence-corrected chi connectivity index (χ4v) is 3.78. The third-order valence-corrected chi connectivity index (χ3v) is 5.10. The lowest BCUT2D eigenvalue weighted by atomic mass is 10.1. The Morgan fingerprint density at radius 3 is 2.45 bits per heavy atom. The van der Waals surface area contributed by atoms with Gasteiger partial charge in [0.05, 0.1) is 24.2 Å². The van der Waals surface area contributed by atoms with E-state index in [0.717, 1.165) is 5.39 Å². The molecule has 6 heteroatoms. The molecule has 2 heterocycles. The lowest BCUT2D eigenvalue weighted by molar-refractivity contribution is 0.0972. The summed E-state index contributed by atoms with van der Waals surface area (Å²) in [5.74, 6) is 0.0957. The van der Waals surface area contributed by atoms with E-state index in [1.165, 1.54) is 4.57 Å². The van der Waals surface area contributed by atoms with Crippen LogP contribution in [0.1, 0.15) is 27.8 Å². The van der Waals surface area contributed by atoms with Crippen molar-refractivity contribution >= 4 is 33.9 Å². The highest BCUT2D eigenvalue weighted by Gasteiger charge is 2.24. The number of aldehydes is 1. The van der Waals surface area contributed by atoms with Gasteiger partial charge in [-0.3, -0.25) is 19.0 Å². The summed E-state index contributed by atoms with van der Waals surface area (Å²) in [5, 5.41) is 1.09. The van der Waals surface area contributed by atoms with E-state index in [1.807, 2.05) is 30.3 Å². The average Bonchev–Trinajstić information content (AvgIpc) is 3.03. The highest BCUT2D eigenvalue weighted by Crippen LogP contribution is 2.34. The fourth-order valence-electron chi connectivity index (χ4n) is 3.78. The van der Waals surface area contributed by atoms with Gasteiger partial charge in [-0.1, -0.05) is 48.5 Å². The highest BCUT2D eigenvalue weighted by molar-refractivity contribution is 6.10. The maximum absolute atomic E-state index is 13.5. The predicted molar refractivity (Wildman–Crippen MR) is 112 cm³/mol. The highest BCUT2D eigenvalue weighted by atomic mass is 16.5. The zero-order valence-electron chi connectivity index (χ0n) is 16.2. The van der Waals surface area contributed by atoms with Crippen molar-refractivity contribution in [3.05, 3.63) is 76.2 Å². The molecular weight excluding hydrogens is 368 g/mol. The van der Waals surface area contributed by atoms with Crippen molar-refractivity contribution in [3.8, 4) is 5.75 Å². The van der Waals surface area contributed by atoms with E-state index >= 15 is 0 Å². The monoisotopic (exact) mass is 388 g/mol. The molecule has 0 aliphatic rings. The van der Waals surface area contributed by atoms with Crippen LogP contribution in [0, 0.1) is 0 Å². The lowest BCUT2D eigenvalue weighted by Gasteiger charge is -2.12. The average molecular weight is 388 g/mol. The fraction of sp³-hybridized carbons (Fsp3) is 0.174. The molecule has 2 aromatic heterocycles. The van der Waals surface area contributed by atoms with Gasteiger partial charge in [-0.05, 0) is 13.0 Å². The Labute approximate surface area is 166 Å². The lowest BCUT2D eigenvalue weighted by Crippen LogP contribution is -2.25. The SMILES string of the molecule is CCOc1c(C=O)n(C)c2c1c(=O)n(CC(=O)c1ccccc1)c1ccccc21. The van der Waals surface area contributed by atoms with Crippen molar-refractivity contribution in [2.75, 3.05) is 6.61 Å². The zero-order valence-corrected chi connectivity index (χ0v) is 16.2.